The van der Waals surface area contributed by atoms with Gasteiger partial charge in [0.1, 0.15) is 0 Å². The minimum atomic E-state index is -0.0833. The number of amides is 2. The zero-order chi connectivity index (χ0) is 5.28. The summed E-state index contributed by atoms with van der Waals surface area (Å²) >= 11 is 0. The van der Waals surface area contributed by atoms with Crippen LogP contribution in [0.15, 0.2) is 0 Å². The van der Waals surface area contributed by atoms with E-state index in [4.69, 9.17) is 0 Å². The second-order valence-corrected chi connectivity index (χ2v) is 1.59. The molecule has 1 aliphatic rings. The largest absolute Gasteiger partial charge is 0.440 e. The SMILES string of the molecule is CN1CC[N-]C1=O.[Ac]. The molecule has 1 aliphatic heterocycles. The first-order chi connectivity index (χ1) is 3.30. The number of likely N-dealkylation sites (N-methyl/N-ethyl adjacent to an activating group) is 1. The summed E-state index contributed by atoms with van der Waals surface area (Å²) in [6, 6.07) is -0.0833. The Morgan fingerprint density at radius 1 is 1.75 bits per heavy atom. The Labute approximate surface area is 84.4 Å². The standard InChI is InChI=1S/C4H8N2O.Ac/c1-6-3-2-5-4(6)7;/h2-3H2,1H3,(H,5,7);/p-1. The van der Waals surface area contributed by atoms with E-state index >= 15 is 0 Å². The second-order valence-electron chi connectivity index (χ2n) is 1.59. The van der Waals surface area contributed by atoms with Gasteiger partial charge in [0.2, 0.25) is 0 Å². The minimum Gasteiger partial charge on any atom is -0.440 e. The van der Waals surface area contributed by atoms with Gasteiger partial charge < -0.3 is 10.2 Å². The average Bonchev–Trinajstić information content (AvgIpc) is 1.91. The molecule has 0 aromatic heterocycles. The van der Waals surface area contributed by atoms with Gasteiger partial charge in [-0.25, -0.2) is 0 Å². The summed E-state index contributed by atoms with van der Waals surface area (Å²) in [7, 11) is 1.75. The molecule has 0 aromatic rings. The van der Waals surface area contributed by atoms with Crippen LogP contribution < -0.4 is 0 Å². The molecule has 4 heteroatoms. The van der Waals surface area contributed by atoms with Crippen molar-refractivity contribution in [3.8, 4) is 0 Å². The third-order valence-electron chi connectivity index (χ3n) is 1.01. The Morgan fingerprint density at radius 3 is 2.50 bits per heavy atom. The number of rotatable bonds is 0. The number of carbonyl (C=O) groups excluding carboxylic acids is 1. The molecule has 0 saturated carbocycles. The molecule has 43 valence electrons. The molecule has 0 bridgehead atoms. The predicted octanol–water partition coefficient (Wildman–Crippen LogP) is 0.425. The van der Waals surface area contributed by atoms with Crippen molar-refractivity contribution >= 4 is 6.03 Å². The van der Waals surface area contributed by atoms with Crippen molar-refractivity contribution < 1.29 is 48.9 Å². The van der Waals surface area contributed by atoms with E-state index < -0.39 is 0 Å². The second kappa shape index (κ2) is 3.68. The predicted molar refractivity (Wildman–Crippen MR) is 26.3 cm³/mol. The van der Waals surface area contributed by atoms with Gasteiger partial charge in [-0.1, -0.05) is 7.05 Å². The van der Waals surface area contributed by atoms with E-state index in [0.717, 1.165) is 6.54 Å². The molecule has 0 aromatic carbocycles. The van der Waals surface area contributed by atoms with E-state index in [1.807, 2.05) is 0 Å². The van der Waals surface area contributed by atoms with E-state index in [-0.39, 0.29) is 50.1 Å². The van der Waals surface area contributed by atoms with E-state index in [1.165, 1.54) is 0 Å². The molecule has 2 amide bonds. The summed E-state index contributed by atoms with van der Waals surface area (Å²) in [4.78, 5) is 11.9. The van der Waals surface area contributed by atoms with Gasteiger partial charge in [-0.3, -0.25) is 4.79 Å². The van der Waals surface area contributed by atoms with Gasteiger partial charge in [0.25, 0.3) is 0 Å². The maximum atomic E-state index is 10.3. The van der Waals surface area contributed by atoms with Gasteiger partial charge in [0.05, 0.1) is 0 Å². The van der Waals surface area contributed by atoms with Crippen molar-refractivity contribution in [1.29, 1.82) is 0 Å². The summed E-state index contributed by atoms with van der Waals surface area (Å²) in [5, 5.41) is 3.60. The monoisotopic (exact) mass is 326 g/mol. The molecular formula is C4H7AcN2O-. The Morgan fingerprint density at radius 2 is 2.38 bits per heavy atom. The first kappa shape index (κ1) is 8.71. The average molecular weight is 326 g/mol. The minimum absolute atomic E-state index is 0. The summed E-state index contributed by atoms with van der Waals surface area (Å²) in [6.07, 6.45) is 0. The van der Waals surface area contributed by atoms with Crippen LogP contribution in [0.5, 0.6) is 0 Å². The summed E-state index contributed by atoms with van der Waals surface area (Å²) in [5.74, 6) is 0. The third-order valence-corrected chi connectivity index (χ3v) is 1.01. The van der Waals surface area contributed by atoms with Crippen molar-refractivity contribution in [2.45, 2.75) is 0 Å². The Balaban J connectivity index is 0.000000490. The molecule has 3 nitrogen and oxygen atoms in total. The van der Waals surface area contributed by atoms with Crippen LogP contribution in [0.1, 0.15) is 0 Å². The van der Waals surface area contributed by atoms with E-state index in [0.29, 0.717) is 6.54 Å². The van der Waals surface area contributed by atoms with Crippen LogP contribution in [0.25, 0.3) is 5.32 Å². The van der Waals surface area contributed by atoms with E-state index in [2.05, 4.69) is 5.32 Å². The Kier molecular flexibility index (Phi) is 4.01. The summed E-state index contributed by atoms with van der Waals surface area (Å²) in [5.41, 5.74) is 0. The molecule has 0 N–H and O–H groups in total. The van der Waals surface area contributed by atoms with Gasteiger partial charge >= 0.3 is 0 Å². The topological polar surface area (TPSA) is 34.4 Å². The molecule has 1 rings (SSSR count). The fraction of sp³-hybridized carbons (Fsp3) is 0.750. The number of urea groups is 1. The third kappa shape index (κ3) is 1.91. The van der Waals surface area contributed by atoms with Gasteiger partial charge in [0, 0.05) is 44.1 Å². The molecule has 1 radical (unpaired) electrons. The summed E-state index contributed by atoms with van der Waals surface area (Å²) in [6.45, 7) is 1.47. The summed E-state index contributed by atoms with van der Waals surface area (Å²) < 4.78 is 0. The molecule has 8 heavy (non-hydrogen) atoms. The van der Waals surface area contributed by atoms with E-state index in [1.54, 1.807) is 11.9 Å². The normalized spacial score (nSPS) is 17.6. The maximum absolute atomic E-state index is 10.3. The van der Waals surface area contributed by atoms with Crippen molar-refractivity contribution in [1.82, 2.24) is 4.90 Å². The van der Waals surface area contributed by atoms with Crippen LogP contribution in [0, 0.1) is 44.1 Å². The fourth-order valence-electron chi connectivity index (χ4n) is 0.512. The Bertz CT molecular complexity index is 96.0. The van der Waals surface area contributed by atoms with Crippen LogP contribution in [0.3, 0.4) is 0 Å². The van der Waals surface area contributed by atoms with Crippen LogP contribution in [0.2, 0.25) is 0 Å². The molecule has 0 atom stereocenters. The van der Waals surface area contributed by atoms with Crippen LogP contribution in [-0.4, -0.2) is 31.1 Å². The van der Waals surface area contributed by atoms with Gasteiger partial charge in [-0.05, 0) is 13.1 Å². The molecule has 1 saturated heterocycles. The van der Waals surface area contributed by atoms with Gasteiger partial charge in [-0.15, -0.1) is 0 Å². The van der Waals surface area contributed by atoms with Crippen molar-refractivity contribution in [2.75, 3.05) is 20.1 Å². The van der Waals surface area contributed by atoms with Crippen LogP contribution >= 0.6 is 0 Å². The number of hydrogen-bond donors (Lipinski definition) is 0. The zero-order valence-corrected chi connectivity index (χ0v) is 9.54. The molecule has 0 aliphatic carbocycles. The smallest absolute Gasteiger partial charge is 0.155 e. The van der Waals surface area contributed by atoms with Crippen molar-refractivity contribution in [3.05, 3.63) is 5.32 Å². The quantitative estimate of drug-likeness (QED) is 0.636. The molecular weight excluding hydrogens is 319 g/mol. The van der Waals surface area contributed by atoms with Crippen molar-refractivity contribution in [3.63, 3.8) is 0 Å². The number of carbonyl (C=O) groups is 1. The van der Waals surface area contributed by atoms with Gasteiger partial charge in [-0.2, -0.15) is 0 Å². The maximum Gasteiger partial charge on any atom is 0.155 e. The first-order valence-electron chi connectivity index (χ1n) is 2.23. The fourth-order valence-corrected chi connectivity index (χ4v) is 0.512. The first-order valence-corrected chi connectivity index (χ1v) is 2.23. The number of nitrogens with zero attached hydrogens (tertiary/aromatic N) is 2. The zero-order valence-electron chi connectivity index (χ0n) is 4.79. The molecule has 0 unspecified atom stereocenters. The number of hydrogen-bond acceptors (Lipinski definition) is 1. The van der Waals surface area contributed by atoms with Gasteiger partial charge in [0.15, 0.2) is 6.03 Å². The van der Waals surface area contributed by atoms with Crippen molar-refractivity contribution in [2.24, 2.45) is 0 Å². The van der Waals surface area contributed by atoms with Crippen LogP contribution in [0.4, 0.5) is 4.79 Å². The van der Waals surface area contributed by atoms with E-state index in [9.17, 15) is 4.79 Å². The molecule has 0 spiro atoms. The molecule has 1 fully saturated rings. The Hall–Kier alpha value is 0.712. The van der Waals surface area contributed by atoms with Crippen LogP contribution in [-0.2, 0) is 0 Å². The molecule has 1 heterocycles.